The fraction of sp³-hybridized carbons (Fsp3) is 0.143. The zero-order valence-electron chi connectivity index (χ0n) is 16.0. The molecule has 0 atom stereocenters. The molecule has 152 valence electrons. The predicted octanol–water partition coefficient (Wildman–Crippen LogP) is 1.71. The van der Waals surface area contributed by atoms with Crippen LogP contribution in [0.2, 0.25) is 0 Å². The quantitative estimate of drug-likeness (QED) is 0.593. The number of carbonyl (C=O) groups excluding carboxylic acids is 2. The Bertz CT molecular complexity index is 1170. The second-order valence-electron chi connectivity index (χ2n) is 6.55. The molecule has 9 heteroatoms. The summed E-state index contributed by atoms with van der Waals surface area (Å²) in [6.45, 7) is 0.167. The highest BCUT2D eigenvalue weighted by Gasteiger charge is 2.16. The van der Waals surface area contributed by atoms with E-state index in [1.807, 2.05) is 0 Å². The van der Waals surface area contributed by atoms with Gasteiger partial charge in [-0.3, -0.25) is 14.4 Å². The van der Waals surface area contributed by atoms with Crippen LogP contribution in [-0.4, -0.2) is 35.5 Å². The van der Waals surface area contributed by atoms with Crippen LogP contribution in [0.25, 0.3) is 11.1 Å². The topological polar surface area (TPSA) is 122 Å². The maximum atomic E-state index is 12.4. The van der Waals surface area contributed by atoms with Crippen molar-refractivity contribution in [3.8, 4) is 22.6 Å². The Morgan fingerprint density at radius 1 is 1.20 bits per heavy atom. The van der Waals surface area contributed by atoms with E-state index in [1.54, 1.807) is 49.6 Å². The number of aromatic amines is 1. The van der Waals surface area contributed by atoms with Gasteiger partial charge in [-0.25, -0.2) is 4.98 Å². The molecule has 0 aliphatic carbocycles. The van der Waals surface area contributed by atoms with Crippen LogP contribution in [0.15, 0.2) is 53.5 Å². The van der Waals surface area contributed by atoms with Gasteiger partial charge in [0.1, 0.15) is 11.5 Å². The standard InChI is InChI=1S/C21H18N4O5/c1-29-14-5-3-13(4-6-14)15-10-22-19(25-20(15)27)21(28)23-9-12-2-7-17-16(8-12)24-18(26)11-30-17/h2-8,10H,9,11H2,1H3,(H,23,28)(H,24,26)(H,22,25,27). The molecule has 30 heavy (non-hydrogen) atoms. The van der Waals surface area contributed by atoms with Crippen molar-refractivity contribution in [2.45, 2.75) is 6.54 Å². The Hall–Kier alpha value is -4.14. The van der Waals surface area contributed by atoms with E-state index in [0.29, 0.717) is 28.3 Å². The fourth-order valence-corrected chi connectivity index (χ4v) is 2.99. The molecule has 0 spiro atoms. The summed E-state index contributed by atoms with van der Waals surface area (Å²) in [4.78, 5) is 42.8. The minimum absolute atomic E-state index is 0.0192. The van der Waals surface area contributed by atoms with Gasteiger partial charge in [0.15, 0.2) is 12.4 Å². The number of anilines is 1. The lowest BCUT2D eigenvalue weighted by Crippen LogP contribution is -2.28. The number of hydrogen-bond donors (Lipinski definition) is 3. The van der Waals surface area contributed by atoms with Gasteiger partial charge in [0.25, 0.3) is 17.4 Å². The zero-order chi connectivity index (χ0) is 21.1. The third kappa shape index (κ3) is 4.00. The van der Waals surface area contributed by atoms with Crippen molar-refractivity contribution in [1.82, 2.24) is 15.3 Å². The number of benzene rings is 2. The lowest BCUT2D eigenvalue weighted by molar-refractivity contribution is -0.118. The van der Waals surface area contributed by atoms with Crippen LogP contribution in [-0.2, 0) is 11.3 Å². The van der Waals surface area contributed by atoms with E-state index >= 15 is 0 Å². The summed E-state index contributed by atoms with van der Waals surface area (Å²) >= 11 is 0. The number of methoxy groups -OCH3 is 1. The van der Waals surface area contributed by atoms with Crippen molar-refractivity contribution in [2.24, 2.45) is 0 Å². The Balaban J connectivity index is 1.45. The van der Waals surface area contributed by atoms with E-state index in [-0.39, 0.29) is 24.9 Å². The third-order valence-corrected chi connectivity index (χ3v) is 4.55. The SMILES string of the molecule is COc1ccc(-c2cnc(C(=O)NCc3ccc4c(c3)NC(=O)CO4)[nH]c2=O)cc1. The first-order chi connectivity index (χ1) is 14.5. The lowest BCUT2D eigenvalue weighted by Gasteiger charge is -2.18. The molecule has 0 radical (unpaired) electrons. The van der Waals surface area contributed by atoms with Crippen molar-refractivity contribution in [1.29, 1.82) is 0 Å². The highest BCUT2D eigenvalue weighted by Crippen LogP contribution is 2.28. The summed E-state index contributed by atoms with van der Waals surface area (Å²) in [6, 6.07) is 12.2. The molecule has 1 aliphatic rings. The molecule has 2 aromatic carbocycles. The molecule has 3 aromatic rings. The van der Waals surface area contributed by atoms with Gasteiger partial charge in [-0.2, -0.15) is 0 Å². The van der Waals surface area contributed by atoms with Crippen LogP contribution >= 0.6 is 0 Å². The van der Waals surface area contributed by atoms with Crippen molar-refractivity contribution in [3.63, 3.8) is 0 Å². The Morgan fingerprint density at radius 2 is 2.00 bits per heavy atom. The first kappa shape index (κ1) is 19.2. The van der Waals surface area contributed by atoms with Gasteiger partial charge in [-0.1, -0.05) is 18.2 Å². The van der Waals surface area contributed by atoms with Gasteiger partial charge in [-0.15, -0.1) is 0 Å². The van der Waals surface area contributed by atoms with Crippen LogP contribution in [0.3, 0.4) is 0 Å². The third-order valence-electron chi connectivity index (χ3n) is 4.55. The predicted molar refractivity (Wildman–Crippen MR) is 109 cm³/mol. The van der Waals surface area contributed by atoms with E-state index in [2.05, 4.69) is 20.6 Å². The highest BCUT2D eigenvalue weighted by atomic mass is 16.5. The fourth-order valence-electron chi connectivity index (χ4n) is 2.99. The number of amides is 2. The molecular weight excluding hydrogens is 388 g/mol. The Kier molecular flexibility index (Phi) is 5.17. The Morgan fingerprint density at radius 3 is 2.73 bits per heavy atom. The summed E-state index contributed by atoms with van der Waals surface area (Å²) in [7, 11) is 1.56. The maximum Gasteiger partial charge on any atom is 0.287 e. The molecule has 4 rings (SSSR count). The van der Waals surface area contributed by atoms with E-state index in [0.717, 1.165) is 5.56 Å². The largest absolute Gasteiger partial charge is 0.497 e. The molecule has 0 fully saturated rings. The molecule has 0 saturated heterocycles. The van der Waals surface area contributed by atoms with E-state index < -0.39 is 11.5 Å². The zero-order valence-corrected chi connectivity index (χ0v) is 16.0. The number of rotatable bonds is 5. The van der Waals surface area contributed by atoms with Gasteiger partial charge in [0.05, 0.1) is 18.4 Å². The van der Waals surface area contributed by atoms with Crippen LogP contribution in [0.1, 0.15) is 16.2 Å². The van der Waals surface area contributed by atoms with Crippen LogP contribution < -0.4 is 25.7 Å². The van der Waals surface area contributed by atoms with Crippen LogP contribution in [0.5, 0.6) is 11.5 Å². The summed E-state index contributed by atoms with van der Waals surface area (Å²) in [5, 5.41) is 5.40. The molecule has 9 nitrogen and oxygen atoms in total. The number of nitrogens with one attached hydrogen (secondary N) is 3. The van der Waals surface area contributed by atoms with Crippen molar-refractivity contribution in [3.05, 3.63) is 70.4 Å². The van der Waals surface area contributed by atoms with Crippen molar-refractivity contribution >= 4 is 17.5 Å². The van der Waals surface area contributed by atoms with Gasteiger partial charge in [-0.05, 0) is 35.4 Å². The molecular formula is C21H18N4O5. The van der Waals surface area contributed by atoms with Crippen molar-refractivity contribution in [2.75, 3.05) is 19.0 Å². The number of fused-ring (bicyclic) bond motifs is 1. The summed E-state index contributed by atoms with van der Waals surface area (Å²) in [6.07, 6.45) is 1.36. The molecule has 0 saturated carbocycles. The van der Waals surface area contributed by atoms with Crippen LogP contribution in [0.4, 0.5) is 5.69 Å². The van der Waals surface area contributed by atoms with E-state index in [9.17, 15) is 14.4 Å². The number of H-pyrrole nitrogens is 1. The smallest absolute Gasteiger partial charge is 0.287 e. The summed E-state index contributed by atoms with van der Waals surface area (Å²) < 4.78 is 10.4. The number of aromatic nitrogens is 2. The lowest BCUT2D eigenvalue weighted by atomic mass is 10.1. The first-order valence-corrected chi connectivity index (χ1v) is 9.11. The van der Waals surface area contributed by atoms with Crippen molar-refractivity contribution < 1.29 is 19.1 Å². The van der Waals surface area contributed by atoms with E-state index in [1.165, 1.54) is 6.20 Å². The van der Waals surface area contributed by atoms with Crippen LogP contribution in [0, 0.1) is 0 Å². The number of nitrogens with zero attached hydrogens (tertiary/aromatic N) is 1. The molecule has 0 unspecified atom stereocenters. The second-order valence-corrected chi connectivity index (χ2v) is 6.55. The molecule has 2 heterocycles. The summed E-state index contributed by atoms with van der Waals surface area (Å²) in [5.41, 5.74) is 1.89. The molecule has 2 amide bonds. The summed E-state index contributed by atoms with van der Waals surface area (Å²) in [5.74, 6) is 0.401. The minimum atomic E-state index is -0.522. The second kappa shape index (κ2) is 8.08. The number of hydrogen-bond acceptors (Lipinski definition) is 6. The van der Waals surface area contributed by atoms with Gasteiger partial charge >= 0.3 is 0 Å². The number of ether oxygens (including phenoxy) is 2. The average Bonchev–Trinajstić information content (AvgIpc) is 2.77. The van der Waals surface area contributed by atoms with Gasteiger partial charge in [0, 0.05) is 12.7 Å². The molecule has 1 aromatic heterocycles. The monoisotopic (exact) mass is 406 g/mol. The highest BCUT2D eigenvalue weighted by molar-refractivity contribution is 5.95. The first-order valence-electron chi connectivity index (χ1n) is 9.11. The average molecular weight is 406 g/mol. The molecule has 1 aliphatic heterocycles. The Labute approximate surface area is 171 Å². The molecule has 3 N–H and O–H groups in total. The van der Waals surface area contributed by atoms with Gasteiger partial charge in [0.2, 0.25) is 0 Å². The van der Waals surface area contributed by atoms with E-state index in [4.69, 9.17) is 9.47 Å². The minimum Gasteiger partial charge on any atom is -0.497 e. The van der Waals surface area contributed by atoms with Gasteiger partial charge < -0.3 is 25.1 Å². The normalized spacial score (nSPS) is 12.4. The number of carbonyl (C=O) groups is 2. The molecule has 0 bridgehead atoms. The maximum absolute atomic E-state index is 12.4.